The van der Waals surface area contributed by atoms with Crippen molar-refractivity contribution in [3.05, 3.63) is 42.5 Å². The molecule has 22 nitrogen and oxygen atoms in total. The molecule has 0 bridgehead atoms. The van der Waals surface area contributed by atoms with Gasteiger partial charge in [0.15, 0.2) is 28.2 Å². The Labute approximate surface area is 370 Å². The number of fused-ring (bicyclic) bond motifs is 1. The lowest BCUT2D eigenvalue weighted by atomic mass is 9.80. The molecule has 3 aliphatic heterocycles. The van der Waals surface area contributed by atoms with E-state index in [1.165, 1.54) is 26.0 Å². The molecule has 3 fully saturated rings. The van der Waals surface area contributed by atoms with Gasteiger partial charge in [-0.2, -0.15) is 8.42 Å². The van der Waals surface area contributed by atoms with Crippen molar-refractivity contribution in [3.8, 4) is 0 Å². The van der Waals surface area contributed by atoms with Crippen molar-refractivity contribution >= 4 is 42.7 Å². The first-order valence-electron chi connectivity index (χ1n) is 20.7. The van der Waals surface area contributed by atoms with Gasteiger partial charge in [-0.3, -0.25) is 9.35 Å². The Balaban J connectivity index is 1.39. The average molecular weight is 954 g/mol. The number of rotatable bonds is 20. The molecule has 0 spiro atoms. The maximum absolute atomic E-state index is 13.4. The van der Waals surface area contributed by atoms with E-state index >= 15 is 0 Å². The Morgan fingerprint density at radius 2 is 1.59 bits per heavy atom. The zero-order valence-electron chi connectivity index (χ0n) is 35.6. The highest BCUT2D eigenvalue weighted by Gasteiger charge is 2.56. The fraction of sp³-hybridized carbons (Fsp3) is 0.700. The predicted octanol–water partition coefficient (Wildman–Crippen LogP) is -1.77. The van der Waals surface area contributed by atoms with Crippen LogP contribution in [-0.4, -0.2) is 186 Å². The highest BCUT2D eigenvalue weighted by molar-refractivity contribution is 7.91. The summed E-state index contributed by atoms with van der Waals surface area (Å²) >= 11 is 0. The number of benzene rings is 2. The molecule has 2 aromatic rings. The number of aliphatic hydroxyl groups is 7. The summed E-state index contributed by atoms with van der Waals surface area (Å²) in [5, 5.41) is 83.1. The number of amides is 1. The number of sulfone groups is 1. The van der Waals surface area contributed by atoms with Gasteiger partial charge in [0.1, 0.15) is 60.7 Å². The van der Waals surface area contributed by atoms with Crippen LogP contribution in [0, 0.1) is 5.92 Å². The molecule has 0 saturated carbocycles. The molecule has 2 aromatic carbocycles. The van der Waals surface area contributed by atoms with Crippen molar-refractivity contribution in [2.75, 3.05) is 25.6 Å². The number of aliphatic hydroxyl groups excluding tert-OH is 7. The van der Waals surface area contributed by atoms with Gasteiger partial charge in [0.25, 0.3) is 0 Å². The number of hydrogen-bond acceptors (Lipinski definition) is 20. The largest absolute Gasteiger partial charge is 0.397 e. The number of ether oxygens (including phenoxy) is 6. The van der Waals surface area contributed by atoms with E-state index in [1.807, 2.05) is 6.07 Å². The number of carbonyl (C=O) groups is 2. The fourth-order valence-electron chi connectivity index (χ4n) is 8.19. The van der Waals surface area contributed by atoms with E-state index in [2.05, 4.69) is 9.50 Å². The Kier molecular flexibility index (Phi) is 17.8. The normalized spacial score (nSPS) is 34.8. The van der Waals surface area contributed by atoms with Crippen LogP contribution in [0.4, 0.5) is 0 Å². The van der Waals surface area contributed by atoms with Crippen molar-refractivity contribution in [2.45, 2.75) is 150 Å². The van der Waals surface area contributed by atoms with E-state index in [9.17, 15) is 66.7 Å². The maximum atomic E-state index is 13.4. The standard InChI is InChI=1S/C40H59NO21S2/c1-5-13-56-38-30(41-21(3)44)33(49)36(28(18-42)58-38)60-39-34(50)37(32(48)29(59-39)19-57-64(53,54)55)62-40(4)17-27(46)25(15-20(2)43)35(61-40)31(47)26(45)12-14-63(51,52)24-11-10-22-8-6-7-9-23(22)16-24/h6-11,16,25-39,42,45-50H,5,12-15,17-19H2,1-4H3,(H,41,44)(H,53,54,55)/t25-,26-,27-,28?,29?,30?,31-,32+,33-,34?,35?,36-,37+,38-,39+,40-/m1/s1. The Bertz CT molecular complexity index is 2110. The molecule has 0 aromatic heterocycles. The number of nitrogens with one attached hydrogen (secondary N) is 1. The molecule has 0 aliphatic carbocycles. The minimum atomic E-state index is -5.16. The molecule has 16 atom stereocenters. The molecule has 1 amide bonds. The van der Waals surface area contributed by atoms with E-state index in [0.29, 0.717) is 11.8 Å². The third-order valence-electron chi connectivity index (χ3n) is 11.3. The third-order valence-corrected chi connectivity index (χ3v) is 13.5. The van der Waals surface area contributed by atoms with Crippen LogP contribution in [-0.2, 0) is 62.4 Å². The smallest absolute Gasteiger partial charge is 0.394 e. The summed E-state index contributed by atoms with van der Waals surface area (Å²) in [7, 11) is -9.17. The molecule has 24 heteroatoms. The second-order valence-corrected chi connectivity index (χ2v) is 19.7. The zero-order chi connectivity index (χ0) is 47.3. The Morgan fingerprint density at radius 3 is 2.22 bits per heavy atom. The summed E-state index contributed by atoms with van der Waals surface area (Å²) in [5.74, 6) is -5.02. The van der Waals surface area contributed by atoms with Crippen molar-refractivity contribution in [2.24, 2.45) is 5.92 Å². The quantitative estimate of drug-likeness (QED) is 0.0664. The molecular weight excluding hydrogens is 895 g/mol. The van der Waals surface area contributed by atoms with Crippen molar-refractivity contribution in [1.82, 2.24) is 5.32 Å². The van der Waals surface area contributed by atoms with Crippen LogP contribution in [0.25, 0.3) is 10.8 Å². The molecule has 362 valence electrons. The van der Waals surface area contributed by atoms with Crippen molar-refractivity contribution < 1.29 is 99.3 Å². The first kappa shape index (κ1) is 52.1. The Hall–Kier alpha value is -2.86. The van der Waals surface area contributed by atoms with Crippen molar-refractivity contribution in [1.29, 1.82) is 0 Å². The van der Waals surface area contributed by atoms with Crippen molar-refractivity contribution in [3.63, 3.8) is 0 Å². The molecule has 9 N–H and O–H groups in total. The molecule has 3 saturated heterocycles. The molecule has 64 heavy (non-hydrogen) atoms. The lowest BCUT2D eigenvalue weighted by molar-refractivity contribution is -0.388. The number of hydrogen-bond donors (Lipinski definition) is 9. The van der Waals surface area contributed by atoms with E-state index < -0.39 is 161 Å². The summed E-state index contributed by atoms with van der Waals surface area (Å²) in [6, 6.07) is 10.3. The maximum Gasteiger partial charge on any atom is 0.397 e. The molecular formula is C40H59NO21S2. The summed E-state index contributed by atoms with van der Waals surface area (Å²) in [5.41, 5.74) is 0. The third kappa shape index (κ3) is 13.0. The van der Waals surface area contributed by atoms with Gasteiger partial charge in [-0.1, -0.05) is 37.3 Å². The first-order chi connectivity index (χ1) is 30.0. The fourth-order valence-corrected chi connectivity index (χ4v) is 9.86. The minimum Gasteiger partial charge on any atom is -0.394 e. The second kappa shape index (κ2) is 21.8. The predicted molar refractivity (Wildman–Crippen MR) is 219 cm³/mol. The van der Waals surface area contributed by atoms with Crippen LogP contribution in [0.5, 0.6) is 0 Å². The number of ketones is 1. The van der Waals surface area contributed by atoms with Crippen LogP contribution in [0.1, 0.15) is 53.4 Å². The summed E-state index contributed by atoms with van der Waals surface area (Å²) in [6.45, 7) is 3.59. The van der Waals surface area contributed by atoms with Gasteiger partial charge in [-0.05, 0) is 49.6 Å². The van der Waals surface area contributed by atoms with Gasteiger partial charge >= 0.3 is 10.4 Å². The van der Waals surface area contributed by atoms with E-state index in [0.717, 1.165) is 12.3 Å². The highest BCUT2D eigenvalue weighted by Crippen LogP contribution is 2.41. The minimum absolute atomic E-state index is 0.0288. The SMILES string of the molecule is CCCO[C@@H]1OC(CO)[C@@H](O[C@@H]2OC(COS(=O)(=O)O)[C@H](O)[C@H](O[C@]3(C)C[C@@H](O)[C@@H](CC(C)=O)C([C@H](O)[C@H](O)CCS(=O)(=O)c4ccc5ccccc5c4)O3)C2O)[C@H](O)C1NC(C)=O. The van der Waals surface area contributed by atoms with Crippen LogP contribution in [0.2, 0.25) is 0 Å². The van der Waals surface area contributed by atoms with E-state index in [-0.39, 0.29) is 17.9 Å². The van der Waals surface area contributed by atoms with Gasteiger partial charge in [0, 0.05) is 32.3 Å². The summed E-state index contributed by atoms with van der Waals surface area (Å²) in [4.78, 5) is 24.5. The van der Waals surface area contributed by atoms with Gasteiger partial charge < -0.3 is 74.3 Å². The monoisotopic (exact) mass is 953 g/mol. The van der Waals surface area contributed by atoms with E-state index in [1.54, 1.807) is 31.2 Å². The van der Waals surface area contributed by atoms with Gasteiger partial charge in [0.2, 0.25) is 5.91 Å². The van der Waals surface area contributed by atoms with Gasteiger partial charge in [0.05, 0.1) is 42.2 Å². The van der Waals surface area contributed by atoms with Gasteiger partial charge in [-0.15, -0.1) is 0 Å². The van der Waals surface area contributed by atoms with Crippen LogP contribution < -0.4 is 5.32 Å². The number of Topliss-reactive ketones (excluding diaryl/α,β-unsaturated/α-hetero) is 1. The average Bonchev–Trinajstić information content (AvgIpc) is 3.22. The highest BCUT2D eigenvalue weighted by atomic mass is 32.3. The molecule has 5 unspecified atom stereocenters. The lowest BCUT2D eigenvalue weighted by Gasteiger charge is -2.51. The van der Waals surface area contributed by atoms with Gasteiger partial charge in [-0.25, -0.2) is 12.6 Å². The lowest BCUT2D eigenvalue weighted by Crippen LogP contribution is -2.68. The molecule has 3 aliphatic rings. The first-order valence-corrected chi connectivity index (χ1v) is 23.7. The van der Waals surface area contributed by atoms with Crippen LogP contribution in [0.15, 0.2) is 47.4 Å². The topological polar surface area (TPSA) is 341 Å². The molecule has 0 radical (unpaired) electrons. The Morgan fingerprint density at radius 1 is 0.922 bits per heavy atom. The second-order valence-electron chi connectivity index (χ2n) is 16.5. The number of carbonyl (C=O) groups excluding carboxylic acids is 2. The molecule has 5 rings (SSSR count). The summed E-state index contributed by atoms with van der Waals surface area (Å²) in [6.07, 6.45) is -23.9. The molecule has 3 heterocycles. The summed E-state index contributed by atoms with van der Waals surface area (Å²) < 4.78 is 99.0. The van der Waals surface area contributed by atoms with E-state index in [4.69, 9.17) is 28.4 Å². The zero-order valence-corrected chi connectivity index (χ0v) is 37.2. The van der Waals surface area contributed by atoms with Crippen LogP contribution >= 0.6 is 0 Å². The van der Waals surface area contributed by atoms with Crippen LogP contribution in [0.3, 0.4) is 0 Å².